The molecule has 3 N–H and O–H groups in total. The molecular formula is C13H19F2NO. The summed E-state index contributed by atoms with van der Waals surface area (Å²) >= 11 is 0. The summed E-state index contributed by atoms with van der Waals surface area (Å²) in [5.74, 6) is -1.26. The lowest BCUT2D eigenvalue weighted by Gasteiger charge is -2.42. The third kappa shape index (κ3) is 2.82. The van der Waals surface area contributed by atoms with Crippen LogP contribution in [0.25, 0.3) is 0 Å². The largest absolute Gasteiger partial charge is 0.396 e. The standard InChI is InChI=1S/C13H19F2NO/c1-12(2,16)13(3,4-5-17)9-6-10(14)8-11(15)7-9/h6-8,17H,4-5,16H2,1-3H3. The summed E-state index contributed by atoms with van der Waals surface area (Å²) in [5, 5.41) is 9.12. The fraction of sp³-hybridized carbons (Fsp3) is 0.538. The molecule has 0 aliphatic rings. The van der Waals surface area contributed by atoms with Gasteiger partial charge in [-0.05, 0) is 38.0 Å². The molecule has 0 aliphatic carbocycles. The topological polar surface area (TPSA) is 46.2 Å². The van der Waals surface area contributed by atoms with Gasteiger partial charge in [-0.15, -0.1) is 0 Å². The van der Waals surface area contributed by atoms with E-state index in [4.69, 9.17) is 10.8 Å². The predicted molar refractivity (Wildman–Crippen MR) is 63.7 cm³/mol. The first kappa shape index (κ1) is 14.1. The molecule has 0 saturated carbocycles. The molecule has 96 valence electrons. The van der Waals surface area contributed by atoms with Gasteiger partial charge in [-0.2, -0.15) is 0 Å². The molecule has 1 aromatic carbocycles. The van der Waals surface area contributed by atoms with Crippen LogP contribution in [0.4, 0.5) is 8.78 Å². The molecule has 1 rings (SSSR count). The fourth-order valence-corrected chi connectivity index (χ4v) is 1.93. The summed E-state index contributed by atoms with van der Waals surface area (Å²) < 4.78 is 26.5. The first-order valence-corrected chi connectivity index (χ1v) is 5.57. The number of hydrogen-bond donors (Lipinski definition) is 2. The molecule has 0 aliphatic heterocycles. The highest BCUT2D eigenvalue weighted by Gasteiger charge is 2.39. The van der Waals surface area contributed by atoms with Crippen molar-refractivity contribution < 1.29 is 13.9 Å². The van der Waals surface area contributed by atoms with Crippen molar-refractivity contribution in [3.8, 4) is 0 Å². The van der Waals surface area contributed by atoms with Crippen molar-refractivity contribution in [1.29, 1.82) is 0 Å². The van der Waals surface area contributed by atoms with E-state index < -0.39 is 22.6 Å². The number of hydrogen-bond acceptors (Lipinski definition) is 2. The average Bonchev–Trinajstić information content (AvgIpc) is 2.14. The second kappa shape index (κ2) is 4.70. The molecule has 1 unspecified atom stereocenters. The van der Waals surface area contributed by atoms with E-state index in [1.807, 2.05) is 0 Å². The van der Waals surface area contributed by atoms with E-state index in [9.17, 15) is 8.78 Å². The van der Waals surface area contributed by atoms with Crippen molar-refractivity contribution in [3.05, 3.63) is 35.4 Å². The van der Waals surface area contributed by atoms with E-state index in [2.05, 4.69) is 0 Å². The van der Waals surface area contributed by atoms with Crippen molar-refractivity contribution >= 4 is 0 Å². The highest BCUT2D eigenvalue weighted by atomic mass is 19.1. The quantitative estimate of drug-likeness (QED) is 0.852. The minimum atomic E-state index is -0.698. The number of halogens is 2. The number of rotatable bonds is 4. The predicted octanol–water partition coefficient (Wildman–Crippen LogP) is 2.34. The Kier molecular flexibility index (Phi) is 3.89. The molecule has 0 amide bonds. The van der Waals surface area contributed by atoms with Gasteiger partial charge in [0.05, 0.1) is 0 Å². The normalized spacial score (nSPS) is 15.7. The lowest BCUT2D eigenvalue weighted by molar-refractivity contribution is 0.189. The molecule has 0 fully saturated rings. The van der Waals surface area contributed by atoms with Gasteiger partial charge in [-0.1, -0.05) is 6.92 Å². The van der Waals surface area contributed by atoms with Gasteiger partial charge >= 0.3 is 0 Å². The Morgan fingerprint density at radius 1 is 1.12 bits per heavy atom. The first-order valence-electron chi connectivity index (χ1n) is 5.57. The molecule has 0 heterocycles. The Morgan fingerprint density at radius 2 is 1.59 bits per heavy atom. The maximum absolute atomic E-state index is 13.2. The fourth-order valence-electron chi connectivity index (χ4n) is 1.93. The summed E-state index contributed by atoms with van der Waals surface area (Å²) in [5.41, 5.74) is 5.16. The molecule has 17 heavy (non-hydrogen) atoms. The van der Waals surface area contributed by atoms with Gasteiger partial charge in [0, 0.05) is 23.6 Å². The maximum Gasteiger partial charge on any atom is 0.126 e. The van der Waals surface area contributed by atoms with Crippen LogP contribution in [0, 0.1) is 11.6 Å². The highest BCUT2D eigenvalue weighted by molar-refractivity contribution is 5.30. The minimum absolute atomic E-state index is 0.0880. The van der Waals surface area contributed by atoms with Crippen LogP contribution in [-0.4, -0.2) is 17.3 Å². The maximum atomic E-state index is 13.2. The molecular weight excluding hydrogens is 224 g/mol. The van der Waals surface area contributed by atoms with E-state index in [1.165, 1.54) is 12.1 Å². The molecule has 1 atom stereocenters. The van der Waals surface area contributed by atoms with Crippen LogP contribution >= 0.6 is 0 Å². The Morgan fingerprint density at radius 3 is 1.94 bits per heavy atom. The van der Waals surface area contributed by atoms with Crippen LogP contribution < -0.4 is 5.73 Å². The van der Waals surface area contributed by atoms with Gasteiger partial charge in [0.25, 0.3) is 0 Å². The Labute approximate surface area is 100 Å². The Bertz CT molecular complexity index is 381. The van der Waals surface area contributed by atoms with Crippen molar-refractivity contribution in [2.24, 2.45) is 5.73 Å². The van der Waals surface area contributed by atoms with Crippen LogP contribution in [0.2, 0.25) is 0 Å². The van der Waals surface area contributed by atoms with Crippen molar-refractivity contribution in [2.45, 2.75) is 38.1 Å². The lowest BCUT2D eigenvalue weighted by Crippen LogP contribution is -2.52. The van der Waals surface area contributed by atoms with Crippen LogP contribution in [-0.2, 0) is 5.41 Å². The van der Waals surface area contributed by atoms with Gasteiger partial charge in [0.2, 0.25) is 0 Å². The van der Waals surface area contributed by atoms with Gasteiger partial charge in [0.1, 0.15) is 11.6 Å². The third-order valence-electron chi connectivity index (χ3n) is 3.53. The Balaban J connectivity index is 3.32. The number of aliphatic hydroxyl groups is 1. The van der Waals surface area contributed by atoms with E-state index in [-0.39, 0.29) is 6.61 Å². The molecule has 0 radical (unpaired) electrons. The van der Waals surface area contributed by atoms with E-state index in [0.29, 0.717) is 12.0 Å². The molecule has 0 aromatic heterocycles. The van der Waals surface area contributed by atoms with Crippen LogP contribution in [0.5, 0.6) is 0 Å². The molecule has 4 heteroatoms. The highest BCUT2D eigenvalue weighted by Crippen LogP contribution is 2.37. The van der Waals surface area contributed by atoms with E-state index in [1.54, 1.807) is 20.8 Å². The summed E-state index contributed by atoms with van der Waals surface area (Å²) in [6, 6.07) is 3.37. The number of benzene rings is 1. The monoisotopic (exact) mass is 243 g/mol. The summed E-state index contributed by atoms with van der Waals surface area (Å²) in [6.45, 7) is 5.28. The molecule has 1 aromatic rings. The molecule has 2 nitrogen and oxygen atoms in total. The van der Waals surface area contributed by atoms with Gasteiger partial charge in [-0.3, -0.25) is 0 Å². The smallest absolute Gasteiger partial charge is 0.126 e. The van der Waals surface area contributed by atoms with E-state index in [0.717, 1.165) is 6.07 Å². The van der Waals surface area contributed by atoms with Crippen LogP contribution in [0.15, 0.2) is 18.2 Å². The Hall–Kier alpha value is -1.00. The van der Waals surface area contributed by atoms with Gasteiger partial charge < -0.3 is 10.8 Å². The first-order chi connectivity index (χ1) is 7.70. The summed E-state index contributed by atoms with van der Waals surface area (Å²) in [6.07, 6.45) is 0.347. The zero-order chi connectivity index (χ0) is 13.3. The third-order valence-corrected chi connectivity index (χ3v) is 3.53. The number of nitrogens with two attached hydrogens (primary N) is 1. The summed E-state index contributed by atoms with van der Waals surface area (Å²) in [4.78, 5) is 0. The van der Waals surface area contributed by atoms with Gasteiger partial charge in [-0.25, -0.2) is 8.78 Å². The lowest BCUT2D eigenvalue weighted by atomic mass is 9.67. The minimum Gasteiger partial charge on any atom is -0.396 e. The SMILES string of the molecule is CC(C)(N)C(C)(CCO)c1cc(F)cc(F)c1. The zero-order valence-electron chi connectivity index (χ0n) is 10.4. The molecule has 0 spiro atoms. The molecule has 0 bridgehead atoms. The second-order valence-electron chi connectivity index (χ2n) is 5.19. The van der Waals surface area contributed by atoms with Gasteiger partial charge in [0.15, 0.2) is 0 Å². The molecule has 0 saturated heterocycles. The average molecular weight is 243 g/mol. The van der Waals surface area contributed by atoms with Crippen molar-refractivity contribution in [1.82, 2.24) is 0 Å². The summed E-state index contributed by atoms with van der Waals surface area (Å²) in [7, 11) is 0. The van der Waals surface area contributed by atoms with Crippen LogP contribution in [0.3, 0.4) is 0 Å². The van der Waals surface area contributed by atoms with Crippen molar-refractivity contribution in [2.75, 3.05) is 6.61 Å². The van der Waals surface area contributed by atoms with Crippen LogP contribution in [0.1, 0.15) is 32.8 Å². The van der Waals surface area contributed by atoms with E-state index >= 15 is 0 Å². The zero-order valence-corrected chi connectivity index (χ0v) is 10.4. The second-order valence-corrected chi connectivity index (χ2v) is 5.19. The number of aliphatic hydroxyl groups excluding tert-OH is 1. The van der Waals surface area contributed by atoms with Crippen molar-refractivity contribution in [3.63, 3.8) is 0 Å².